The van der Waals surface area contributed by atoms with Crippen LogP contribution in [0.3, 0.4) is 0 Å². The van der Waals surface area contributed by atoms with Crippen molar-refractivity contribution in [1.29, 1.82) is 5.26 Å². The molecule has 0 atom stereocenters. The average Bonchev–Trinajstić information content (AvgIpc) is 3.15. The summed E-state index contributed by atoms with van der Waals surface area (Å²) < 4.78 is 2.82. The first-order valence-corrected chi connectivity index (χ1v) is 10.1. The van der Waals surface area contributed by atoms with E-state index in [0.29, 0.717) is 28.2 Å². The third-order valence-corrected chi connectivity index (χ3v) is 5.31. The third-order valence-electron chi connectivity index (χ3n) is 5.31. The van der Waals surface area contributed by atoms with E-state index in [4.69, 9.17) is 5.10 Å². The lowest BCUT2D eigenvalue weighted by atomic mass is 10.1. The maximum atomic E-state index is 13.5. The maximum absolute atomic E-state index is 13.5. The van der Waals surface area contributed by atoms with E-state index in [1.54, 1.807) is 24.6 Å². The number of carbonyl (C=O) groups excluding carboxylic acids is 1. The number of aromatic nitrogens is 3. The number of rotatable bonds is 4. The monoisotopic (exact) mass is 423 g/mol. The van der Waals surface area contributed by atoms with Gasteiger partial charge in [-0.25, -0.2) is 9.36 Å². The van der Waals surface area contributed by atoms with Crippen molar-refractivity contribution in [3.63, 3.8) is 0 Å². The predicted molar refractivity (Wildman–Crippen MR) is 122 cm³/mol. The highest BCUT2D eigenvalue weighted by atomic mass is 16.2. The summed E-state index contributed by atoms with van der Waals surface area (Å²) >= 11 is 0. The van der Waals surface area contributed by atoms with Gasteiger partial charge < -0.3 is 0 Å². The molecule has 0 radical (unpaired) electrons. The van der Waals surface area contributed by atoms with Crippen molar-refractivity contribution in [2.75, 3.05) is 5.43 Å². The van der Waals surface area contributed by atoms with Gasteiger partial charge in [-0.1, -0.05) is 48.5 Å². The van der Waals surface area contributed by atoms with Crippen molar-refractivity contribution in [1.82, 2.24) is 14.5 Å². The minimum atomic E-state index is -0.562. The zero-order chi connectivity index (χ0) is 22.8. The van der Waals surface area contributed by atoms with Crippen LogP contribution in [0.4, 0.5) is 0 Å². The molecule has 0 aliphatic rings. The van der Waals surface area contributed by atoms with E-state index in [9.17, 15) is 14.9 Å². The van der Waals surface area contributed by atoms with Gasteiger partial charge in [-0.2, -0.15) is 10.4 Å². The minimum absolute atomic E-state index is 0.00381. The number of hydrogen-bond donors (Lipinski definition) is 1. The van der Waals surface area contributed by atoms with Crippen molar-refractivity contribution in [2.45, 2.75) is 20.8 Å². The van der Waals surface area contributed by atoms with E-state index < -0.39 is 11.5 Å². The SMILES string of the molecule is Cc1cc(C)n(NC(=O)c2c(-c3ccccc3)nn(-c3ccccc3)c2C)c(=O)c1C#N. The van der Waals surface area contributed by atoms with Gasteiger partial charge in [0.2, 0.25) is 0 Å². The standard InChI is InChI=1S/C25H21N5O2/c1-16-14-17(2)29(25(32)21(16)15-26)28-24(31)22-18(3)30(20-12-8-5-9-13-20)27-23(22)19-10-6-4-7-11-19/h4-14H,1-3H3,(H,28,31). The van der Waals surface area contributed by atoms with Crippen LogP contribution in [-0.2, 0) is 0 Å². The molecule has 0 fully saturated rings. The summed E-state index contributed by atoms with van der Waals surface area (Å²) in [6, 6.07) is 22.5. The van der Waals surface area contributed by atoms with Crippen LogP contribution < -0.4 is 11.0 Å². The molecule has 0 aliphatic heterocycles. The number of benzene rings is 2. The van der Waals surface area contributed by atoms with E-state index in [1.165, 1.54) is 0 Å². The fraction of sp³-hybridized carbons (Fsp3) is 0.120. The molecule has 0 unspecified atom stereocenters. The Bertz CT molecular complexity index is 1410. The fourth-order valence-corrected chi connectivity index (χ4v) is 3.72. The molecule has 32 heavy (non-hydrogen) atoms. The summed E-state index contributed by atoms with van der Waals surface area (Å²) in [5.41, 5.74) is 6.28. The Kier molecular flexibility index (Phi) is 5.44. The van der Waals surface area contributed by atoms with Crippen molar-refractivity contribution in [3.8, 4) is 23.0 Å². The molecule has 158 valence electrons. The molecule has 2 aromatic heterocycles. The summed E-state index contributed by atoms with van der Waals surface area (Å²) in [5.74, 6) is -0.485. The number of carbonyl (C=O) groups is 1. The Hall–Kier alpha value is -4.44. The molecule has 2 aromatic carbocycles. The molecule has 1 amide bonds. The quantitative estimate of drug-likeness (QED) is 0.539. The maximum Gasteiger partial charge on any atom is 0.287 e. The van der Waals surface area contributed by atoms with Gasteiger partial charge in [-0.05, 0) is 44.5 Å². The second-order valence-corrected chi connectivity index (χ2v) is 7.46. The lowest BCUT2D eigenvalue weighted by Crippen LogP contribution is -2.36. The Morgan fingerprint density at radius 2 is 1.62 bits per heavy atom. The number of para-hydroxylation sites is 1. The van der Waals surface area contributed by atoms with E-state index in [0.717, 1.165) is 15.9 Å². The normalized spacial score (nSPS) is 10.6. The first-order chi connectivity index (χ1) is 15.4. The summed E-state index contributed by atoms with van der Waals surface area (Å²) in [6.07, 6.45) is 0. The third kappa shape index (κ3) is 3.59. The summed E-state index contributed by atoms with van der Waals surface area (Å²) in [7, 11) is 0. The number of nitriles is 1. The fourth-order valence-electron chi connectivity index (χ4n) is 3.72. The van der Waals surface area contributed by atoms with E-state index >= 15 is 0 Å². The number of amides is 1. The van der Waals surface area contributed by atoms with Gasteiger partial charge in [0.15, 0.2) is 0 Å². The number of nitrogens with zero attached hydrogens (tertiary/aromatic N) is 4. The van der Waals surface area contributed by atoms with E-state index in [-0.39, 0.29) is 5.56 Å². The van der Waals surface area contributed by atoms with Crippen LogP contribution in [0.15, 0.2) is 71.5 Å². The second-order valence-electron chi connectivity index (χ2n) is 7.46. The zero-order valence-electron chi connectivity index (χ0n) is 18.0. The van der Waals surface area contributed by atoms with Crippen LogP contribution in [0.1, 0.15) is 32.9 Å². The first kappa shape index (κ1) is 20.8. The molecule has 4 rings (SSSR count). The molecule has 4 aromatic rings. The highest BCUT2D eigenvalue weighted by molar-refractivity contribution is 6.05. The Balaban J connectivity index is 1.87. The predicted octanol–water partition coefficient (Wildman–Crippen LogP) is 3.88. The van der Waals surface area contributed by atoms with Crippen molar-refractivity contribution >= 4 is 5.91 Å². The number of pyridine rings is 1. The average molecular weight is 423 g/mol. The topological polar surface area (TPSA) is 92.7 Å². The van der Waals surface area contributed by atoms with Crippen LogP contribution in [0.5, 0.6) is 0 Å². The molecule has 7 heteroatoms. The highest BCUT2D eigenvalue weighted by Crippen LogP contribution is 2.27. The molecule has 7 nitrogen and oxygen atoms in total. The van der Waals surface area contributed by atoms with Gasteiger partial charge in [0.25, 0.3) is 11.5 Å². The number of aryl methyl sites for hydroxylation is 2. The Labute approximate surface area is 185 Å². The van der Waals surface area contributed by atoms with Crippen molar-refractivity contribution < 1.29 is 4.79 Å². The molecule has 0 saturated heterocycles. The van der Waals surface area contributed by atoms with E-state index in [1.807, 2.05) is 73.7 Å². The molecule has 0 aliphatic carbocycles. The number of nitrogens with one attached hydrogen (secondary N) is 1. The molecular weight excluding hydrogens is 402 g/mol. The van der Waals surface area contributed by atoms with Crippen LogP contribution >= 0.6 is 0 Å². The molecule has 0 spiro atoms. The van der Waals surface area contributed by atoms with Gasteiger partial charge in [0.05, 0.1) is 16.9 Å². The minimum Gasteiger partial charge on any atom is -0.267 e. The largest absolute Gasteiger partial charge is 0.287 e. The van der Waals surface area contributed by atoms with Crippen LogP contribution in [0, 0.1) is 32.1 Å². The van der Waals surface area contributed by atoms with Crippen molar-refractivity contribution in [3.05, 3.63) is 105 Å². The van der Waals surface area contributed by atoms with Crippen LogP contribution in [0.2, 0.25) is 0 Å². The second kappa shape index (κ2) is 8.36. The summed E-state index contributed by atoms with van der Waals surface area (Å²) in [4.78, 5) is 26.2. The first-order valence-electron chi connectivity index (χ1n) is 10.1. The van der Waals surface area contributed by atoms with Crippen LogP contribution in [-0.4, -0.2) is 20.4 Å². The van der Waals surface area contributed by atoms with Crippen molar-refractivity contribution in [2.24, 2.45) is 0 Å². The van der Waals surface area contributed by atoms with Gasteiger partial charge in [0, 0.05) is 11.3 Å². The summed E-state index contributed by atoms with van der Waals surface area (Å²) in [5, 5.41) is 14.1. The van der Waals surface area contributed by atoms with E-state index in [2.05, 4.69) is 5.43 Å². The zero-order valence-corrected chi connectivity index (χ0v) is 18.0. The molecule has 1 N–H and O–H groups in total. The molecule has 0 bridgehead atoms. The molecule has 2 heterocycles. The van der Waals surface area contributed by atoms with Crippen LogP contribution in [0.25, 0.3) is 16.9 Å². The molecular formula is C25H21N5O2. The van der Waals surface area contributed by atoms with Gasteiger partial charge >= 0.3 is 0 Å². The Morgan fingerprint density at radius 1 is 1.00 bits per heavy atom. The number of hydrogen-bond acceptors (Lipinski definition) is 4. The van der Waals surface area contributed by atoms with Gasteiger partial charge in [-0.15, -0.1) is 0 Å². The lowest BCUT2D eigenvalue weighted by molar-refractivity contribution is 0.101. The van der Waals surface area contributed by atoms with Gasteiger partial charge in [0.1, 0.15) is 17.3 Å². The smallest absolute Gasteiger partial charge is 0.267 e. The molecule has 0 saturated carbocycles. The Morgan fingerprint density at radius 3 is 2.25 bits per heavy atom. The van der Waals surface area contributed by atoms with Gasteiger partial charge in [-0.3, -0.25) is 15.0 Å². The summed E-state index contributed by atoms with van der Waals surface area (Å²) in [6.45, 7) is 5.21. The highest BCUT2D eigenvalue weighted by Gasteiger charge is 2.24. The lowest BCUT2D eigenvalue weighted by Gasteiger charge is -2.13.